The number of ether oxygens (including phenoxy) is 3. The van der Waals surface area contributed by atoms with Crippen LogP contribution >= 0.6 is 11.6 Å². The molecule has 4 N–H and O–H groups in total. The van der Waals surface area contributed by atoms with E-state index in [0.717, 1.165) is 27.6 Å². The normalized spacial score (nSPS) is 12.8. The van der Waals surface area contributed by atoms with Gasteiger partial charge in [0.25, 0.3) is 5.69 Å². The second-order valence-corrected chi connectivity index (χ2v) is 12.1. The Morgan fingerprint density at radius 1 is 0.904 bits per heavy atom. The summed E-state index contributed by atoms with van der Waals surface area (Å²) >= 11 is 6.20. The molecular weight excluding hydrogens is 686 g/mol. The zero-order chi connectivity index (χ0) is 36.5. The summed E-state index contributed by atoms with van der Waals surface area (Å²) in [6.45, 7) is 1.64. The van der Waals surface area contributed by atoms with Gasteiger partial charge in [-0.3, -0.25) is 19.9 Å². The Morgan fingerprint density at radius 2 is 1.63 bits per heavy atom. The molecule has 0 spiro atoms. The second kappa shape index (κ2) is 16.8. The van der Waals surface area contributed by atoms with Gasteiger partial charge in [0.15, 0.2) is 11.5 Å². The van der Waals surface area contributed by atoms with Gasteiger partial charge in [0.05, 0.1) is 28.9 Å². The van der Waals surface area contributed by atoms with Crippen molar-refractivity contribution >= 4 is 56.4 Å². The third kappa shape index (κ3) is 8.49. The lowest BCUT2D eigenvalue weighted by molar-refractivity contribution is -0.384. The van der Waals surface area contributed by atoms with Crippen LogP contribution in [0.5, 0.6) is 17.2 Å². The van der Waals surface area contributed by atoms with E-state index in [-0.39, 0.29) is 24.7 Å². The molecule has 2 heterocycles. The quantitative estimate of drug-likeness (QED) is 0.0612. The number of hydrogen-bond acceptors (Lipinski definition) is 9. The highest BCUT2D eigenvalue weighted by molar-refractivity contribution is 6.36. The minimum Gasteiger partial charge on any atom is -0.493 e. The van der Waals surface area contributed by atoms with Crippen LogP contribution in [0.1, 0.15) is 11.1 Å². The van der Waals surface area contributed by atoms with Crippen molar-refractivity contribution in [2.24, 2.45) is 4.99 Å². The van der Waals surface area contributed by atoms with E-state index >= 15 is 0 Å². The second-order valence-electron chi connectivity index (χ2n) is 11.7. The van der Waals surface area contributed by atoms with Gasteiger partial charge in [-0.05, 0) is 42.5 Å². The van der Waals surface area contributed by atoms with Crippen molar-refractivity contribution in [1.82, 2.24) is 10.3 Å². The van der Waals surface area contributed by atoms with E-state index in [0.29, 0.717) is 58.7 Å². The highest BCUT2D eigenvalue weighted by atomic mass is 35.5. The van der Waals surface area contributed by atoms with Gasteiger partial charge in [-0.1, -0.05) is 66.2 Å². The number of nitrogens with one attached hydrogen (secondary N) is 3. The van der Waals surface area contributed by atoms with Crippen molar-refractivity contribution in [3.05, 3.63) is 135 Å². The molecule has 1 amide bonds. The number of benzene rings is 5. The molecule has 0 fully saturated rings. The number of aliphatic imine (C=N–C) groups is 1. The average Bonchev–Trinajstić information content (AvgIpc) is 3.46. The van der Waals surface area contributed by atoms with Crippen LogP contribution in [-0.2, 0) is 4.79 Å². The number of aromatic amines is 1. The molecule has 52 heavy (non-hydrogen) atoms. The number of carbonyl (C=O) groups is 1. The third-order valence-corrected chi connectivity index (χ3v) is 8.49. The molecule has 1 atom stereocenters. The largest absolute Gasteiger partial charge is 0.493 e. The number of nitro benzene ring substituents is 1. The standard InChI is InChI=1S/C24H26N2O4.C15H10ClN3O3/c1-28-21-10-4-5-11-22(21)29-14-13-25-15-17(27)16-30-23-12-6-9-20-24(23)18-7-2-3-8-19(18)26-20;16-12-4-2-1-3-10(12)15-11-7-9(19(21)22)5-6-13(11)18-14(20)8-17-15/h2-12,17,25-27H,13-16H2,1H3;1-7H,8H2,(H,18,20). The van der Waals surface area contributed by atoms with Gasteiger partial charge >= 0.3 is 0 Å². The Bertz CT molecular complexity index is 2240. The Hall–Kier alpha value is -5.95. The average molecular weight is 722 g/mol. The van der Waals surface area contributed by atoms with Crippen molar-refractivity contribution in [1.29, 1.82) is 0 Å². The van der Waals surface area contributed by atoms with Crippen LogP contribution in [0.3, 0.4) is 0 Å². The number of hydrogen-bond donors (Lipinski definition) is 4. The molecule has 0 radical (unpaired) electrons. The van der Waals surface area contributed by atoms with Crippen molar-refractivity contribution in [2.45, 2.75) is 6.10 Å². The number of nitrogens with zero attached hydrogens (tertiary/aromatic N) is 2. The zero-order valence-electron chi connectivity index (χ0n) is 28.2. The first-order valence-corrected chi connectivity index (χ1v) is 16.8. The fourth-order valence-electron chi connectivity index (χ4n) is 5.73. The monoisotopic (exact) mass is 721 g/mol. The number of fused-ring (bicyclic) bond motifs is 4. The van der Waals surface area contributed by atoms with E-state index in [1.165, 1.54) is 18.2 Å². The summed E-state index contributed by atoms with van der Waals surface area (Å²) in [5.74, 6) is 1.90. The predicted octanol–water partition coefficient (Wildman–Crippen LogP) is 6.78. The molecular formula is C39H36ClN5O7. The van der Waals surface area contributed by atoms with Gasteiger partial charge in [0.1, 0.15) is 31.6 Å². The molecule has 266 valence electrons. The van der Waals surface area contributed by atoms with Crippen molar-refractivity contribution in [2.75, 3.05) is 45.3 Å². The molecule has 7 rings (SSSR count). The summed E-state index contributed by atoms with van der Waals surface area (Å²) in [7, 11) is 1.62. The summed E-state index contributed by atoms with van der Waals surface area (Å²) in [6, 6.07) is 32.9. The molecule has 12 nitrogen and oxygen atoms in total. The predicted molar refractivity (Wildman–Crippen MR) is 202 cm³/mol. The van der Waals surface area contributed by atoms with E-state index < -0.39 is 11.0 Å². The van der Waals surface area contributed by atoms with Crippen LogP contribution in [0.2, 0.25) is 5.02 Å². The third-order valence-electron chi connectivity index (χ3n) is 8.16. The fraction of sp³-hybridized carbons (Fsp3) is 0.179. The van der Waals surface area contributed by atoms with E-state index in [9.17, 15) is 20.0 Å². The molecule has 1 unspecified atom stereocenters. The molecule has 5 aromatic carbocycles. The number of H-pyrrole nitrogens is 1. The SMILES string of the molecule is COc1ccccc1OCCNCC(O)COc1cccc2[nH]c3ccccc3c12.O=C1CN=C(c2ccccc2Cl)c2cc([N+](=O)[O-])ccc2N1. The van der Waals surface area contributed by atoms with E-state index in [1.54, 1.807) is 31.4 Å². The number of benzodiazepines with no additional fused rings is 1. The first kappa shape index (κ1) is 35.9. The Labute approximate surface area is 304 Å². The molecule has 0 saturated heterocycles. The lowest BCUT2D eigenvalue weighted by atomic mass is 10.00. The number of aliphatic hydroxyl groups excluding tert-OH is 1. The highest BCUT2D eigenvalue weighted by Gasteiger charge is 2.22. The van der Waals surface area contributed by atoms with Crippen molar-refractivity contribution in [3.63, 3.8) is 0 Å². The van der Waals surface area contributed by atoms with Crippen LogP contribution in [-0.4, -0.2) is 72.7 Å². The maximum absolute atomic E-state index is 11.7. The maximum atomic E-state index is 11.7. The van der Waals surface area contributed by atoms with Gasteiger partial charge < -0.3 is 34.9 Å². The summed E-state index contributed by atoms with van der Waals surface area (Å²) < 4.78 is 16.9. The van der Waals surface area contributed by atoms with E-state index in [2.05, 4.69) is 26.7 Å². The number of aromatic nitrogens is 1. The van der Waals surface area contributed by atoms with Crippen molar-refractivity contribution in [3.8, 4) is 17.2 Å². The van der Waals surface area contributed by atoms with Crippen LogP contribution in [0, 0.1) is 10.1 Å². The number of para-hydroxylation sites is 3. The van der Waals surface area contributed by atoms with Crippen LogP contribution < -0.4 is 24.8 Å². The lowest BCUT2D eigenvalue weighted by Crippen LogP contribution is -2.33. The van der Waals surface area contributed by atoms with Crippen LogP contribution in [0.15, 0.2) is 114 Å². The minimum atomic E-state index is -0.628. The number of anilines is 1. The maximum Gasteiger partial charge on any atom is 0.270 e. The Morgan fingerprint density at radius 3 is 2.44 bits per heavy atom. The number of methoxy groups -OCH3 is 1. The number of nitro groups is 1. The molecule has 0 bridgehead atoms. The van der Waals surface area contributed by atoms with Crippen molar-refractivity contribution < 1.29 is 29.0 Å². The highest BCUT2D eigenvalue weighted by Crippen LogP contribution is 2.33. The molecule has 13 heteroatoms. The van der Waals surface area contributed by atoms with E-state index in [1.807, 2.05) is 60.7 Å². The number of amides is 1. The minimum absolute atomic E-state index is 0.0664. The summed E-state index contributed by atoms with van der Waals surface area (Å²) in [4.78, 5) is 29.9. The van der Waals surface area contributed by atoms with Gasteiger partial charge in [0.2, 0.25) is 5.91 Å². The van der Waals surface area contributed by atoms with Crippen LogP contribution in [0.4, 0.5) is 11.4 Å². The number of halogens is 1. The van der Waals surface area contributed by atoms with Gasteiger partial charge in [0, 0.05) is 57.7 Å². The molecule has 1 aliphatic heterocycles. The number of non-ortho nitro benzene ring substituents is 1. The van der Waals surface area contributed by atoms with Gasteiger partial charge in [-0.15, -0.1) is 0 Å². The molecule has 1 aliphatic rings. The molecule has 0 aliphatic carbocycles. The lowest BCUT2D eigenvalue weighted by Gasteiger charge is -2.15. The number of rotatable bonds is 12. The van der Waals surface area contributed by atoms with E-state index in [4.69, 9.17) is 25.8 Å². The zero-order valence-corrected chi connectivity index (χ0v) is 28.9. The summed E-state index contributed by atoms with van der Waals surface area (Å²) in [5, 5.41) is 29.8. The molecule has 1 aromatic heterocycles. The first-order chi connectivity index (χ1) is 25.3. The van der Waals surface area contributed by atoms with Gasteiger partial charge in [-0.2, -0.15) is 0 Å². The Balaban J connectivity index is 0.000000187. The summed E-state index contributed by atoms with van der Waals surface area (Å²) in [6.07, 6.45) is -0.628. The van der Waals surface area contributed by atoms with Crippen LogP contribution in [0.25, 0.3) is 21.8 Å². The fourth-order valence-corrected chi connectivity index (χ4v) is 5.96. The Kier molecular flexibility index (Phi) is 11.6. The summed E-state index contributed by atoms with van der Waals surface area (Å²) in [5.41, 5.74) is 4.07. The first-order valence-electron chi connectivity index (χ1n) is 16.5. The number of aliphatic hydroxyl groups is 1. The smallest absolute Gasteiger partial charge is 0.270 e. The number of carbonyl (C=O) groups excluding carboxylic acids is 1. The van der Waals surface area contributed by atoms with Gasteiger partial charge in [-0.25, -0.2) is 0 Å². The molecule has 0 saturated carbocycles. The molecule has 6 aromatic rings. The topological polar surface area (TPSA) is 160 Å².